The van der Waals surface area contributed by atoms with Crippen LogP contribution in [-0.2, 0) is 0 Å². The number of aromatic nitrogens is 5. The molecule has 18 aromatic rings. The number of benzene rings is 13. The van der Waals surface area contributed by atoms with Gasteiger partial charge in [-0.05, 0) is 214 Å². The minimum absolute atomic E-state index is 0.985. The van der Waals surface area contributed by atoms with E-state index in [0.717, 1.165) is 22.1 Å². The summed E-state index contributed by atoms with van der Waals surface area (Å²) in [5, 5.41) is 21.1. The van der Waals surface area contributed by atoms with Crippen molar-refractivity contribution in [2.45, 2.75) is 62.3 Å². The van der Waals surface area contributed by atoms with Crippen molar-refractivity contribution in [1.29, 1.82) is 0 Å². The third-order valence-corrected chi connectivity index (χ3v) is 16.9. The predicted octanol–water partition coefficient (Wildman–Crippen LogP) is 25.3. The van der Waals surface area contributed by atoms with Crippen molar-refractivity contribution in [3.8, 4) is 0 Å². The zero-order valence-corrected chi connectivity index (χ0v) is 58.2. The third kappa shape index (κ3) is 19.6. The van der Waals surface area contributed by atoms with Crippen LogP contribution in [-0.4, -0.2) is 24.9 Å². The first-order valence-electron chi connectivity index (χ1n) is 33.7. The summed E-state index contributed by atoms with van der Waals surface area (Å²) in [6.45, 7) is 18.8. The molecule has 99 heavy (non-hydrogen) atoms. The highest BCUT2D eigenvalue weighted by molar-refractivity contribution is 6.25. The van der Waals surface area contributed by atoms with Crippen LogP contribution in [0.2, 0.25) is 0 Å². The molecule has 0 aliphatic carbocycles. The van der Waals surface area contributed by atoms with E-state index in [2.05, 4.69) is 303 Å². The molecule has 0 saturated carbocycles. The van der Waals surface area contributed by atoms with E-state index in [1.54, 1.807) is 24.8 Å². The van der Waals surface area contributed by atoms with E-state index in [-0.39, 0.29) is 0 Å². The van der Waals surface area contributed by atoms with E-state index in [1.165, 1.54) is 125 Å². The number of nitrogens with zero attached hydrogens (tertiary/aromatic N) is 5. The van der Waals surface area contributed by atoms with Gasteiger partial charge in [0.05, 0.1) is 11.0 Å². The zero-order valence-electron chi connectivity index (χ0n) is 58.2. The van der Waals surface area contributed by atoms with Crippen LogP contribution in [0.5, 0.6) is 0 Å². The van der Waals surface area contributed by atoms with Crippen molar-refractivity contribution in [3.63, 3.8) is 0 Å². The predicted molar refractivity (Wildman–Crippen MR) is 427 cm³/mol. The molecule has 0 radical (unpaired) electrons. The van der Waals surface area contributed by atoms with Gasteiger partial charge in [0.15, 0.2) is 0 Å². The lowest BCUT2D eigenvalue weighted by Gasteiger charge is -2.10. The standard InChI is InChI=1S/C19H14.C15H12.C13H10N2.2C11H10.C7H8.3C6H7N/c1-13-10-11-18-16-8-3-2-6-14(16)15-7-4-5-9-17(15)19(18)12-13;1-11-10-12-6-2-3-8-14(12)15-9-5-4-7-13(11)15;1-9-8-10-4-2-6-14-12(10)13-11(9)5-3-7-15-13;1-9-5-4-7-10-6-2-3-8-11(9)10;1-9-6-7-10-4-2-3-5-11(10)8-9;1-7-5-3-2-4-6-7;1-6-2-4-7-5-3-6;1-6-3-2-4-7-5-6;1-6-4-2-3-5-7-6/h2-12H,1H3;2-10H,1H3;2-8H,1H3;2*2-8H,1H3;2-6H,1H3;3*2-5H,1H3. The van der Waals surface area contributed by atoms with Crippen molar-refractivity contribution >= 4 is 97.2 Å². The minimum Gasteiger partial charge on any atom is -0.265 e. The summed E-state index contributed by atoms with van der Waals surface area (Å²) >= 11 is 0. The van der Waals surface area contributed by atoms with Crippen molar-refractivity contribution in [3.05, 3.63) is 403 Å². The van der Waals surface area contributed by atoms with Gasteiger partial charge in [-0.15, -0.1) is 0 Å². The van der Waals surface area contributed by atoms with Gasteiger partial charge in [-0.25, -0.2) is 0 Å². The number of fused-ring (bicyclic) bond motifs is 14. The molecule has 0 N–H and O–H groups in total. The Morgan fingerprint density at radius 1 is 0.182 bits per heavy atom. The fraction of sp³-hybridized carbons (Fsp3) is 0.0957. The highest BCUT2D eigenvalue weighted by Crippen LogP contribution is 2.35. The first-order valence-corrected chi connectivity index (χ1v) is 33.7. The number of hydrogen-bond acceptors (Lipinski definition) is 5. The third-order valence-electron chi connectivity index (χ3n) is 16.9. The average Bonchev–Trinajstić information content (AvgIpc) is 0.920. The lowest BCUT2D eigenvalue weighted by atomic mass is 9.93. The van der Waals surface area contributed by atoms with Crippen molar-refractivity contribution in [1.82, 2.24) is 24.9 Å². The molecule has 18 rings (SSSR count). The molecule has 0 atom stereocenters. The largest absolute Gasteiger partial charge is 0.265 e. The number of aryl methyl sites for hydroxylation is 9. The van der Waals surface area contributed by atoms with Gasteiger partial charge in [0.25, 0.3) is 0 Å². The van der Waals surface area contributed by atoms with Gasteiger partial charge in [-0.1, -0.05) is 278 Å². The summed E-state index contributed by atoms with van der Waals surface area (Å²) in [6, 6.07) is 108. The lowest BCUT2D eigenvalue weighted by molar-refractivity contribution is 1.20. The summed E-state index contributed by atoms with van der Waals surface area (Å²) in [5.41, 5.74) is 13.4. The number of rotatable bonds is 0. The fourth-order valence-electron chi connectivity index (χ4n) is 11.8. The molecular weight excluding hydrogens is 1200 g/mol. The van der Waals surface area contributed by atoms with Crippen LogP contribution >= 0.6 is 0 Å². The Morgan fingerprint density at radius 2 is 0.626 bits per heavy atom. The van der Waals surface area contributed by atoms with Crippen LogP contribution < -0.4 is 0 Å². The Hall–Kier alpha value is -12.1. The van der Waals surface area contributed by atoms with E-state index < -0.39 is 0 Å². The summed E-state index contributed by atoms with van der Waals surface area (Å²) in [5.74, 6) is 0. The zero-order chi connectivity index (χ0) is 69.1. The first-order chi connectivity index (χ1) is 48.4. The van der Waals surface area contributed by atoms with E-state index in [9.17, 15) is 0 Å². The van der Waals surface area contributed by atoms with Crippen molar-refractivity contribution in [2.24, 2.45) is 0 Å². The molecule has 0 unspecified atom stereocenters. The Bertz CT molecular complexity index is 5230. The Morgan fingerprint density at radius 3 is 1.19 bits per heavy atom. The van der Waals surface area contributed by atoms with Crippen LogP contribution in [0.15, 0.2) is 353 Å². The molecular formula is C94H85N5. The molecule has 5 aromatic heterocycles. The molecule has 0 aliphatic heterocycles. The molecule has 0 fully saturated rings. The molecule has 13 aromatic carbocycles. The summed E-state index contributed by atoms with van der Waals surface area (Å²) in [6.07, 6.45) is 12.6. The number of pyridine rings is 5. The van der Waals surface area contributed by atoms with Crippen molar-refractivity contribution < 1.29 is 0 Å². The van der Waals surface area contributed by atoms with Gasteiger partial charge in [-0.2, -0.15) is 0 Å². The topological polar surface area (TPSA) is 64.5 Å². The van der Waals surface area contributed by atoms with Gasteiger partial charge in [0.2, 0.25) is 0 Å². The highest BCUT2D eigenvalue weighted by Gasteiger charge is 2.09. The Labute approximate surface area is 583 Å². The molecule has 5 nitrogen and oxygen atoms in total. The second-order valence-corrected chi connectivity index (χ2v) is 24.6. The van der Waals surface area contributed by atoms with Crippen molar-refractivity contribution in [2.75, 3.05) is 0 Å². The maximum atomic E-state index is 4.41. The summed E-state index contributed by atoms with van der Waals surface area (Å²) < 4.78 is 0. The number of hydrogen-bond donors (Lipinski definition) is 0. The van der Waals surface area contributed by atoms with Crippen LogP contribution in [0.3, 0.4) is 0 Å². The van der Waals surface area contributed by atoms with Crippen LogP contribution in [0.1, 0.15) is 50.2 Å². The van der Waals surface area contributed by atoms with E-state index in [4.69, 9.17) is 0 Å². The monoisotopic (exact) mass is 1280 g/mol. The molecule has 0 amide bonds. The quantitative estimate of drug-likeness (QED) is 0.142. The van der Waals surface area contributed by atoms with Gasteiger partial charge >= 0.3 is 0 Å². The van der Waals surface area contributed by atoms with E-state index in [1.807, 2.05) is 112 Å². The van der Waals surface area contributed by atoms with Gasteiger partial charge in [-0.3, -0.25) is 24.9 Å². The first kappa shape index (κ1) is 69.8. The molecule has 0 bridgehead atoms. The SMILES string of the molecule is Cc1cc2ccccc2c2ccccc12.Cc1cc2cccnc2c2ncccc12.Cc1ccc2c3ccccc3c3ccccc3c2c1.Cc1ccc2ccccc2c1.Cc1cccc2ccccc12.Cc1ccccc1.Cc1ccccn1.Cc1cccnc1.Cc1ccncc1. The molecule has 486 valence electrons. The maximum Gasteiger partial charge on any atom is 0.0967 e. The smallest absolute Gasteiger partial charge is 0.0967 e. The Kier molecular flexibility index (Phi) is 25.1. The maximum absolute atomic E-state index is 4.41. The molecule has 0 aliphatic rings. The van der Waals surface area contributed by atoms with Crippen LogP contribution in [0.4, 0.5) is 0 Å². The average molecular weight is 1280 g/mol. The van der Waals surface area contributed by atoms with Gasteiger partial charge in [0, 0.05) is 59.8 Å². The molecule has 0 spiro atoms. The fourth-order valence-corrected chi connectivity index (χ4v) is 11.8. The van der Waals surface area contributed by atoms with Gasteiger partial charge in [0.1, 0.15) is 0 Å². The van der Waals surface area contributed by atoms with E-state index in [0.29, 0.717) is 0 Å². The normalized spacial score (nSPS) is 10.3. The Balaban J connectivity index is 0.000000123. The lowest BCUT2D eigenvalue weighted by Crippen LogP contribution is -1.86. The molecule has 5 heteroatoms. The summed E-state index contributed by atoms with van der Waals surface area (Å²) in [4.78, 5) is 20.5. The second-order valence-electron chi connectivity index (χ2n) is 24.6. The minimum atomic E-state index is 0.985. The van der Waals surface area contributed by atoms with Crippen LogP contribution in [0, 0.1) is 62.3 Å². The summed E-state index contributed by atoms with van der Waals surface area (Å²) in [7, 11) is 0. The molecule has 0 saturated heterocycles. The van der Waals surface area contributed by atoms with Gasteiger partial charge < -0.3 is 0 Å². The van der Waals surface area contributed by atoms with E-state index >= 15 is 0 Å². The van der Waals surface area contributed by atoms with Crippen LogP contribution in [0.25, 0.3) is 97.2 Å². The molecule has 5 heterocycles. The second kappa shape index (κ2) is 35.6. The highest BCUT2D eigenvalue weighted by atomic mass is 14.7.